The maximum atomic E-state index is 13.3. The third-order valence-corrected chi connectivity index (χ3v) is 6.80. The fourth-order valence-corrected chi connectivity index (χ4v) is 5.03. The van der Waals surface area contributed by atoms with E-state index in [9.17, 15) is 14.9 Å². The molecule has 0 radical (unpaired) electrons. The van der Waals surface area contributed by atoms with Gasteiger partial charge in [-0.3, -0.25) is 14.5 Å². The highest BCUT2D eigenvalue weighted by Gasteiger charge is 2.35. The van der Waals surface area contributed by atoms with E-state index in [1.54, 1.807) is 29.2 Å². The summed E-state index contributed by atoms with van der Waals surface area (Å²) >= 11 is 7.59. The normalized spacial score (nSPS) is 16.2. The number of piperazine rings is 1. The van der Waals surface area contributed by atoms with Crippen molar-refractivity contribution in [3.05, 3.63) is 92.6 Å². The van der Waals surface area contributed by atoms with Gasteiger partial charge in [0.15, 0.2) is 0 Å². The highest BCUT2D eigenvalue weighted by atomic mass is 35.5. The van der Waals surface area contributed by atoms with E-state index in [1.165, 1.54) is 11.3 Å². The van der Waals surface area contributed by atoms with Crippen LogP contribution in [0.1, 0.15) is 26.4 Å². The number of nitrogens with one attached hydrogen (secondary N) is 1. The van der Waals surface area contributed by atoms with Crippen molar-refractivity contribution in [3.63, 3.8) is 0 Å². The van der Waals surface area contributed by atoms with Crippen molar-refractivity contribution in [1.29, 1.82) is 5.26 Å². The van der Waals surface area contributed by atoms with E-state index in [0.29, 0.717) is 43.9 Å². The van der Waals surface area contributed by atoms with Crippen LogP contribution in [0.2, 0.25) is 4.34 Å². The number of halogens is 1. The van der Waals surface area contributed by atoms with E-state index in [0.717, 1.165) is 14.8 Å². The molecule has 1 saturated heterocycles. The number of carbonyl (C=O) groups excluding carboxylic acids is 2. The molecule has 2 aromatic carbocycles. The first kappa shape index (κ1) is 23.0. The van der Waals surface area contributed by atoms with Crippen molar-refractivity contribution >= 4 is 34.8 Å². The molecule has 1 fully saturated rings. The van der Waals surface area contributed by atoms with Crippen LogP contribution in [0.4, 0.5) is 0 Å². The molecule has 1 aliphatic rings. The predicted molar refractivity (Wildman–Crippen MR) is 129 cm³/mol. The summed E-state index contributed by atoms with van der Waals surface area (Å²) in [4.78, 5) is 31.5. The first-order valence-electron chi connectivity index (χ1n) is 10.6. The molecule has 4 rings (SSSR count). The quantitative estimate of drug-likeness (QED) is 0.582. The van der Waals surface area contributed by atoms with Crippen LogP contribution in [0, 0.1) is 11.3 Å². The number of nitriles is 1. The van der Waals surface area contributed by atoms with Crippen molar-refractivity contribution in [2.45, 2.75) is 19.1 Å². The fraction of sp³-hybridized carbons (Fsp3) is 0.240. The van der Waals surface area contributed by atoms with Gasteiger partial charge in [0, 0.05) is 43.2 Å². The number of amides is 2. The largest absolute Gasteiger partial charge is 0.350 e. The molecule has 3 aromatic rings. The summed E-state index contributed by atoms with van der Waals surface area (Å²) in [5, 5.41) is 12.2. The lowest BCUT2D eigenvalue weighted by atomic mass is 10.1. The molecule has 1 aromatic heterocycles. The molecule has 168 valence electrons. The van der Waals surface area contributed by atoms with Gasteiger partial charge in [-0.2, -0.15) is 5.26 Å². The van der Waals surface area contributed by atoms with Gasteiger partial charge in [0.1, 0.15) is 6.04 Å². The number of benzene rings is 2. The maximum absolute atomic E-state index is 13.3. The molecule has 2 heterocycles. The first-order valence-corrected chi connectivity index (χ1v) is 11.8. The third kappa shape index (κ3) is 5.79. The lowest BCUT2D eigenvalue weighted by molar-refractivity contribution is -0.128. The Kier molecular flexibility index (Phi) is 7.40. The fourth-order valence-electron chi connectivity index (χ4n) is 3.90. The predicted octanol–water partition coefficient (Wildman–Crippen LogP) is 3.92. The van der Waals surface area contributed by atoms with E-state index in [-0.39, 0.29) is 11.8 Å². The Labute approximate surface area is 202 Å². The van der Waals surface area contributed by atoms with Gasteiger partial charge in [-0.25, -0.2) is 0 Å². The van der Waals surface area contributed by atoms with Crippen molar-refractivity contribution < 1.29 is 9.59 Å². The highest BCUT2D eigenvalue weighted by molar-refractivity contribution is 7.16. The third-order valence-electron chi connectivity index (χ3n) is 5.58. The summed E-state index contributed by atoms with van der Waals surface area (Å²) in [6, 6.07) is 21.6. The molecule has 6 nitrogen and oxygen atoms in total. The van der Waals surface area contributed by atoms with Crippen LogP contribution >= 0.6 is 22.9 Å². The minimum atomic E-state index is -0.642. The number of hydrogen-bond donors (Lipinski definition) is 1. The lowest BCUT2D eigenvalue weighted by Crippen LogP contribution is -2.60. The maximum Gasteiger partial charge on any atom is 0.254 e. The zero-order chi connectivity index (χ0) is 23.2. The van der Waals surface area contributed by atoms with Crippen LogP contribution in [0.5, 0.6) is 0 Å². The Morgan fingerprint density at radius 2 is 1.91 bits per heavy atom. The molecule has 0 bridgehead atoms. The lowest BCUT2D eigenvalue weighted by Gasteiger charge is -2.40. The molecule has 1 unspecified atom stereocenters. The highest BCUT2D eigenvalue weighted by Crippen LogP contribution is 2.24. The number of thiophene rings is 1. The summed E-state index contributed by atoms with van der Waals surface area (Å²) < 4.78 is 0.730. The number of hydrogen-bond acceptors (Lipinski definition) is 5. The summed E-state index contributed by atoms with van der Waals surface area (Å²) in [5.74, 6) is -0.441. The molecular formula is C25H23ClN4O2S. The topological polar surface area (TPSA) is 76.4 Å². The molecule has 33 heavy (non-hydrogen) atoms. The standard InChI is InChI=1S/C25H23ClN4O2S/c26-23-10-9-21(33-23)16-29-11-12-30(25(32)20-8-4-7-19(13-20)14-27)22(17-29)24(31)28-15-18-5-2-1-3-6-18/h1-10,13,22H,11-12,15-17H2,(H,28,31). The molecule has 0 spiro atoms. The van der Waals surface area contributed by atoms with Crippen LogP contribution < -0.4 is 5.32 Å². The van der Waals surface area contributed by atoms with Gasteiger partial charge in [0.05, 0.1) is 16.0 Å². The van der Waals surface area contributed by atoms with E-state index >= 15 is 0 Å². The van der Waals surface area contributed by atoms with Crippen LogP contribution in [-0.4, -0.2) is 47.3 Å². The molecule has 0 saturated carbocycles. The van der Waals surface area contributed by atoms with Crippen LogP contribution in [0.3, 0.4) is 0 Å². The summed E-state index contributed by atoms with van der Waals surface area (Å²) in [6.45, 7) is 2.54. The van der Waals surface area contributed by atoms with Crippen molar-refractivity contribution in [2.24, 2.45) is 0 Å². The average molecular weight is 479 g/mol. The Balaban J connectivity index is 1.52. The number of carbonyl (C=O) groups is 2. The minimum Gasteiger partial charge on any atom is -0.350 e. The molecule has 8 heteroatoms. The van der Waals surface area contributed by atoms with Gasteiger partial charge >= 0.3 is 0 Å². The van der Waals surface area contributed by atoms with E-state index in [2.05, 4.69) is 16.3 Å². The van der Waals surface area contributed by atoms with E-state index in [1.807, 2.05) is 42.5 Å². The van der Waals surface area contributed by atoms with Gasteiger partial charge in [0.25, 0.3) is 5.91 Å². The summed E-state index contributed by atoms with van der Waals surface area (Å²) in [7, 11) is 0. The molecule has 0 aliphatic carbocycles. The van der Waals surface area contributed by atoms with Crippen molar-refractivity contribution in [3.8, 4) is 6.07 Å². The molecule has 1 atom stereocenters. The SMILES string of the molecule is N#Cc1cccc(C(=O)N2CCN(Cc3ccc(Cl)s3)CC2C(=O)NCc2ccccc2)c1. The van der Waals surface area contributed by atoms with Gasteiger partial charge in [-0.1, -0.05) is 48.0 Å². The monoisotopic (exact) mass is 478 g/mol. The van der Waals surface area contributed by atoms with Crippen molar-refractivity contribution in [2.75, 3.05) is 19.6 Å². The smallest absolute Gasteiger partial charge is 0.254 e. The zero-order valence-electron chi connectivity index (χ0n) is 17.9. The van der Waals surface area contributed by atoms with Gasteiger partial charge in [-0.15, -0.1) is 11.3 Å². The van der Waals surface area contributed by atoms with E-state index < -0.39 is 6.04 Å². The number of rotatable bonds is 6. The van der Waals surface area contributed by atoms with Crippen LogP contribution in [0.25, 0.3) is 0 Å². The Bertz CT molecular complexity index is 1170. The summed E-state index contributed by atoms with van der Waals surface area (Å²) in [6.07, 6.45) is 0. The van der Waals surface area contributed by atoms with Gasteiger partial charge < -0.3 is 10.2 Å². The van der Waals surface area contributed by atoms with Crippen LogP contribution in [0.15, 0.2) is 66.7 Å². The molecule has 1 N–H and O–H groups in total. The first-order chi connectivity index (χ1) is 16.0. The van der Waals surface area contributed by atoms with Crippen LogP contribution in [-0.2, 0) is 17.9 Å². The molecule has 1 aliphatic heterocycles. The second kappa shape index (κ2) is 10.6. The average Bonchev–Trinajstić information content (AvgIpc) is 3.27. The van der Waals surface area contributed by atoms with Gasteiger partial charge in [-0.05, 0) is 35.9 Å². The van der Waals surface area contributed by atoms with Gasteiger partial charge in [0.2, 0.25) is 5.91 Å². The molecular weight excluding hydrogens is 456 g/mol. The Morgan fingerprint density at radius 3 is 2.64 bits per heavy atom. The Hall–Kier alpha value is -3.18. The zero-order valence-corrected chi connectivity index (χ0v) is 19.5. The Morgan fingerprint density at radius 1 is 1.09 bits per heavy atom. The summed E-state index contributed by atoms with van der Waals surface area (Å²) in [5.41, 5.74) is 1.82. The second-order valence-corrected chi connectivity index (χ2v) is 9.65. The van der Waals surface area contributed by atoms with Crippen molar-refractivity contribution in [1.82, 2.24) is 15.1 Å². The second-order valence-electron chi connectivity index (χ2n) is 7.85. The molecule has 2 amide bonds. The van der Waals surface area contributed by atoms with E-state index in [4.69, 9.17) is 11.6 Å². The minimum absolute atomic E-state index is 0.197. The number of nitrogens with zero attached hydrogens (tertiary/aromatic N) is 3.